The third-order valence-electron chi connectivity index (χ3n) is 1.51. The van der Waals surface area contributed by atoms with Crippen molar-refractivity contribution in [1.29, 1.82) is 0 Å². The van der Waals surface area contributed by atoms with Crippen molar-refractivity contribution in [3.63, 3.8) is 0 Å². The van der Waals surface area contributed by atoms with Gasteiger partial charge in [-0.25, -0.2) is 0 Å². The summed E-state index contributed by atoms with van der Waals surface area (Å²) < 4.78 is 0. The van der Waals surface area contributed by atoms with E-state index in [1.807, 2.05) is 0 Å². The van der Waals surface area contributed by atoms with Gasteiger partial charge in [-0.3, -0.25) is 4.79 Å². The number of rotatable bonds is 2. The van der Waals surface area contributed by atoms with Crippen LogP contribution in [0.5, 0.6) is 0 Å². The van der Waals surface area contributed by atoms with Gasteiger partial charge in [0.1, 0.15) is 0 Å². The first-order valence-corrected chi connectivity index (χ1v) is 5.01. The Labute approximate surface area is 86.8 Å². The average Bonchev–Trinajstić information content (AvgIpc) is 2.66. The van der Waals surface area contributed by atoms with Gasteiger partial charge in [0.15, 0.2) is 0 Å². The Balaban J connectivity index is 2.70. The number of amides is 1. The summed E-state index contributed by atoms with van der Waals surface area (Å²) in [5.74, 6) is 5.58. The minimum atomic E-state index is -0.0924. The predicted molar refractivity (Wildman–Crippen MR) is 56.3 cm³/mol. The largest absolute Gasteiger partial charge is 0.395 e. The molecule has 0 aliphatic rings. The number of hydrogen-bond acceptors (Lipinski definition) is 3. The Hall–Kier alpha value is -1.31. The van der Waals surface area contributed by atoms with Crippen molar-refractivity contribution in [2.75, 3.05) is 13.7 Å². The van der Waals surface area contributed by atoms with Gasteiger partial charge in [0.2, 0.25) is 0 Å². The van der Waals surface area contributed by atoms with E-state index >= 15 is 0 Å². The number of nitrogens with one attached hydrogen (secondary N) is 1. The SMILES string of the molecule is CNC(=O)c1ccc(C#CCCO)s1. The molecule has 0 fully saturated rings. The highest BCUT2D eigenvalue weighted by Gasteiger charge is 2.04. The molecule has 1 amide bonds. The molecule has 1 heterocycles. The van der Waals surface area contributed by atoms with Crippen molar-refractivity contribution in [1.82, 2.24) is 5.32 Å². The summed E-state index contributed by atoms with van der Waals surface area (Å²) in [6.45, 7) is 0.0701. The van der Waals surface area contributed by atoms with Crippen LogP contribution in [0.4, 0.5) is 0 Å². The van der Waals surface area contributed by atoms with E-state index in [9.17, 15) is 4.79 Å². The number of aliphatic hydroxyl groups excluding tert-OH is 1. The number of hydrogen-bond donors (Lipinski definition) is 2. The Morgan fingerprint density at radius 1 is 1.64 bits per heavy atom. The second kappa shape index (κ2) is 5.43. The van der Waals surface area contributed by atoms with Crippen LogP contribution in [0.1, 0.15) is 21.0 Å². The first-order chi connectivity index (χ1) is 6.77. The summed E-state index contributed by atoms with van der Waals surface area (Å²) in [7, 11) is 1.60. The van der Waals surface area contributed by atoms with E-state index in [2.05, 4.69) is 17.2 Å². The maximum Gasteiger partial charge on any atom is 0.261 e. The fourth-order valence-electron chi connectivity index (χ4n) is 0.856. The maximum absolute atomic E-state index is 11.2. The van der Waals surface area contributed by atoms with Crippen LogP contribution >= 0.6 is 11.3 Å². The molecule has 1 aromatic rings. The van der Waals surface area contributed by atoms with Gasteiger partial charge in [0.05, 0.1) is 16.4 Å². The molecule has 0 saturated carbocycles. The Bertz CT molecular complexity index is 373. The predicted octanol–water partition coefficient (Wildman–Crippen LogP) is 0.842. The fraction of sp³-hybridized carbons (Fsp3) is 0.300. The van der Waals surface area contributed by atoms with Crippen LogP contribution in [0.25, 0.3) is 0 Å². The molecule has 0 bridgehead atoms. The second-order valence-corrected chi connectivity index (χ2v) is 3.60. The molecular weight excluding hydrogens is 198 g/mol. The van der Waals surface area contributed by atoms with Crippen molar-refractivity contribution in [3.05, 3.63) is 21.9 Å². The zero-order valence-corrected chi connectivity index (χ0v) is 8.65. The van der Waals surface area contributed by atoms with Gasteiger partial charge in [-0.2, -0.15) is 0 Å². The number of carbonyl (C=O) groups excluding carboxylic acids is 1. The van der Waals surface area contributed by atoms with Gasteiger partial charge < -0.3 is 10.4 Å². The van der Waals surface area contributed by atoms with Crippen LogP contribution in [0, 0.1) is 11.8 Å². The summed E-state index contributed by atoms with van der Waals surface area (Å²) in [6.07, 6.45) is 0.465. The quantitative estimate of drug-likeness (QED) is 0.709. The van der Waals surface area contributed by atoms with Crippen molar-refractivity contribution >= 4 is 17.2 Å². The van der Waals surface area contributed by atoms with Crippen LogP contribution < -0.4 is 5.32 Å². The number of thiophene rings is 1. The molecule has 3 nitrogen and oxygen atoms in total. The number of carbonyl (C=O) groups is 1. The molecule has 14 heavy (non-hydrogen) atoms. The highest BCUT2D eigenvalue weighted by molar-refractivity contribution is 7.14. The smallest absolute Gasteiger partial charge is 0.261 e. The third-order valence-corrected chi connectivity index (χ3v) is 2.50. The molecule has 0 aromatic carbocycles. The maximum atomic E-state index is 11.2. The van der Waals surface area contributed by atoms with E-state index < -0.39 is 0 Å². The van der Waals surface area contributed by atoms with Crippen LogP contribution in [-0.2, 0) is 0 Å². The zero-order chi connectivity index (χ0) is 10.4. The average molecular weight is 209 g/mol. The van der Waals surface area contributed by atoms with Gasteiger partial charge in [-0.05, 0) is 12.1 Å². The molecule has 0 radical (unpaired) electrons. The van der Waals surface area contributed by atoms with Crippen LogP contribution in [-0.4, -0.2) is 24.7 Å². The van der Waals surface area contributed by atoms with Gasteiger partial charge in [0, 0.05) is 13.5 Å². The van der Waals surface area contributed by atoms with Crippen molar-refractivity contribution in [2.45, 2.75) is 6.42 Å². The summed E-state index contributed by atoms with van der Waals surface area (Å²) in [6, 6.07) is 3.55. The van der Waals surface area contributed by atoms with Crippen LogP contribution in [0.3, 0.4) is 0 Å². The molecule has 0 atom stereocenters. The van der Waals surface area contributed by atoms with E-state index in [0.29, 0.717) is 11.3 Å². The Morgan fingerprint density at radius 2 is 2.43 bits per heavy atom. The van der Waals surface area contributed by atoms with E-state index in [1.165, 1.54) is 11.3 Å². The minimum Gasteiger partial charge on any atom is -0.395 e. The van der Waals surface area contributed by atoms with E-state index in [0.717, 1.165) is 4.88 Å². The monoisotopic (exact) mass is 209 g/mol. The summed E-state index contributed by atoms with van der Waals surface area (Å²) in [5.41, 5.74) is 0. The normalized spacial score (nSPS) is 9.00. The molecule has 0 aliphatic carbocycles. The van der Waals surface area contributed by atoms with Gasteiger partial charge in [0.25, 0.3) is 5.91 Å². The van der Waals surface area contributed by atoms with Gasteiger partial charge >= 0.3 is 0 Å². The Kier molecular flexibility index (Phi) is 4.17. The lowest BCUT2D eigenvalue weighted by molar-refractivity contribution is 0.0967. The highest BCUT2D eigenvalue weighted by atomic mass is 32.1. The first-order valence-electron chi connectivity index (χ1n) is 4.19. The Morgan fingerprint density at radius 3 is 3.07 bits per heavy atom. The lowest BCUT2D eigenvalue weighted by Crippen LogP contribution is -2.15. The minimum absolute atomic E-state index is 0.0701. The molecule has 0 aliphatic heterocycles. The molecule has 1 aromatic heterocycles. The molecular formula is C10H11NO2S. The van der Waals surface area contributed by atoms with E-state index in [4.69, 9.17) is 5.11 Å². The van der Waals surface area contributed by atoms with E-state index in [1.54, 1.807) is 19.2 Å². The van der Waals surface area contributed by atoms with E-state index in [-0.39, 0.29) is 12.5 Å². The lowest BCUT2D eigenvalue weighted by Gasteiger charge is -1.91. The summed E-state index contributed by atoms with van der Waals surface area (Å²) >= 11 is 1.35. The molecule has 0 unspecified atom stereocenters. The first kappa shape index (κ1) is 10.8. The number of aliphatic hydroxyl groups is 1. The molecule has 4 heteroatoms. The van der Waals surface area contributed by atoms with Crippen LogP contribution in [0.15, 0.2) is 12.1 Å². The van der Waals surface area contributed by atoms with Crippen LogP contribution in [0.2, 0.25) is 0 Å². The lowest BCUT2D eigenvalue weighted by atomic mass is 10.4. The van der Waals surface area contributed by atoms with Crippen molar-refractivity contribution in [2.24, 2.45) is 0 Å². The summed E-state index contributed by atoms with van der Waals surface area (Å²) in [4.78, 5) is 12.7. The van der Waals surface area contributed by atoms with Gasteiger partial charge in [-0.1, -0.05) is 11.8 Å². The summed E-state index contributed by atoms with van der Waals surface area (Å²) in [5, 5.41) is 11.1. The van der Waals surface area contributed by atoms with Crippen molar-refractivity contribution < 1.29 is 9.90 Å². The fourth-order valence-corrected chi connectivity index (χ4v) is 1.68. The standard InChI is InChI=1S/C10H11NO2S/c1-11-10(13)9-6-5-8(14-9)4-2-3-7-12/h5-6,12H,3,7H2,1H3,(H,11,13). The third kappa shape index (κ3) is 2.87. The topological polar surface area (TPSA) is 49.3 Å². The molecule has 0 spiro atoms. The molecule has 0 saturated heterocycles. The zero-order valence-electron chi connectivity index (χ0n) is 7.83. The second-order valence-electron chi connectivity index (χ2n) is 2.52. The highest BCUT2D eigenvalue weighted by Crippen LogP contribution is 2.14. The van der Waals surface area contributed by atoms with Gasteiger partial charge in [-0.15, -0.1) is 11.3 Å². The molecule has 74 valence electrons. The molecule has 1 rings (SSSR count). The molecule has 2 N–H and O–H groups in total. The van der Waals surface area contributed by atoms with Crippen molar-refractivity contribution in [3.8, 4) is 11.8 Å².